The van der Waals surface area contributed by atoms with Crippen molar-refractivity contribution in [2.75, 3.05) is 6.54 Å². The first-order valence-electron chi connectivity index (χ1n) is 9.22. The van der Waals surface area contributed by atoms with E-state index in [4.69, 9.17) is 12.2 Å². The second-order valence-corrected chi connectivity index (χ2v) is 7.28. The number of aryl methyl sites for hydroxylation is 1. The summed E-state index contributed by atoms with van der Waals surface area (Å²) in [7, 11) is 0. The van der Waals surface area contributed by atoms with Gasteiger partial charge in [-0.2, -0.15) is 0 Å². The molecule has 0 saturated carbocycles. The third kappa shape index (κ3) is 5.39. The maximum atomic E-state index is 12.4. The van der Waals surface area contributed by atoms with Gasteiger partial charge in [0.05, 0.1) is 5.92 Å². The minimum atomic E-state index is -0.478. The van der Waals surface area contributed by atoms with E-state index < -0.39 is 5.92 Å². The maximum absolute atomic E-state index is 12.4. The molecule has 0 spiro atoms. The molecule has 2 aromatic rings. The molecule has 150 valence electrons. The summed E-state index contributed by atoms with van der Waals surface area (Å²) in [5.74, 6) is -1.25. The van der Waals surface area contributed by atoms with Gasteiger partial charge in [-0.3, -0.25) is 30.6 Å². The molecule has 8 heteroatoms. The van der Waals surface area contributed by atoms with Gasteiger partial charge in [0.1, 0.15) is 0 Å². The second kappa shape index (κ2) is 9.29. The van der Waals surface area contributed by atoms with Crippen molar-refractivity contribution in [1.29, 1.82) is 0 Å². The van der Waals surface area contributed by atoms with Gasteiger partial charge in [0.25, 0.3) is 5.91 Å². The highest BCUT2D eigenvalue weighted by Crippen LogP contribution is 2.20. The number of carbonyl (C=O) groups excluding carboxylic acids is 3. The number of amides is 3. The van der Waals surface area contributed by atoms with Crippen molar-refractivity contribution in [1.82, 2.24) is 21.1 Å². The van der Waals surface area contributed by atoms with Crippen LogP contribution in [0.1, 0.15) is 27.9 Å². The number of hydrogen-bond acceptors (Lipinski definition) is 4. The topological polar surface area (TPSA) is 90.5 Å². The van der Waals surface area contributed by atoms with Crippen molar-refractivity contribution in [2.24, 2.45) is 5.92 Å². The van der Waals surface area contributed by atoms with Gasteiger partial charge in [0.2, 0.25) is 11.8 Å². The largest absolute Gasteiger partial charge is 0.338 e. The highest BCUT2D eigenvalue weighted by molar-refractivity contribution is 7.80. The summed E-state index contributed by atoms with van der Waals surface area (Å²) in [4.78, 5) is 38.5. The van der Waals surface area contributed by atoms with E-state index in [1.54, 1.807) is 17.0 Å². The van der Waals surface area contributed by atoms with E-state index in [0.717, 1.165) is 11.1 Å². The van der Waals surface area contributed by atoms with Crippen molar-refractivity contribution in [3.8, 4) is 0 Å². The van der Waals surface area contributed by atoms with Gasteiger partial charge in [-0.25, -0.2) is 0 Å². The maximum Gasteiger partial charge on any atom is 0.257 e. The first kappa shape index (κ1) is 20.5. The Morgan fingerprint density at radius 3 is 2.48 bits per heavy atom. The Bertz CT molecular complexity index is 933. The first-order chi connectivity index (χ1) is 13.9. The highest BCUT2D eigenvalue weighted by atomic mass is 32.1. The molecule has 7 nitrogen and oxygen atoms in total. The third-order valence-corrected chi connectivity index (χ3v) is 4.92. The fraction of sp³-hybridized carbons (Fsp3) is 0.238. The molecule has 0 aromatic heterocycles. The third-order valence-electron chi connectivity index (χ3n) is 4.72. The highest BCUT2D eigenvalue weighted by Gasteiger charge is 2.34. The Balaban J connectivity index is 1.47. The summed E-state index contributed by atoms with van der Waals surface area (Å²) in [6.07, 6.45) is 0.142. The van der Waals surface area contributed by atoms with Gasteiger partial charge in [0.15, 0.2) is 5.11 Å². The van der Waals surface area contributed by atoms with E-state index in [1.807, 2.05) is 49.4 Å². The number of likely N-dealkylation sites (tertiary alicyclic amines) is 1. The number of hydrogen-bond donors (Lipinski definition) is 3. The van der Waals surface area contributed by atoms with Crippen molar-refractivity contribution in [3.63, 3.8) is 0 Å². The van der Waals surface area contributed by atoms with Crippen molar-refractivity contribution >= 4 is 35.1 Å². The van der Waals surface area contributed by atoms with Gasteiger partial charge in [-0.05, 0) is 36.3 Å². The predicted molar refractivity (Wildman–Crippen MR) is 112 cm³/mol. The zero-order valence-corrected chi connectivity index (χ0v) is 16.8. The molecule has 1 fully saturated rings. The molecule has 1 unspecified atom stereocenters. The van der Waals surface area contributed by atoms with Crippen LogP contribution in [0, 0.1) is 12.8 Å². The van der Waals surface area contributed by atoms with Crippen molar-refractivity contribution in [2.45, 2.75) is 19.9 Å². The molecule has 2 aromatic carbocycles. The molecule has 1 aliphatic rings. The molecule has 1 atom stereocenters. The molecule has 1 aliphatic heterocycles. The second-order valence-electron chi connectivity index (χ2n) is 6.87. The summed E-state index contributed by atoms with van der Waals surface area (Å²) in [5.41, 5.74) is 7.34. The van der Waals surface area contributed by atoms with E-state index in [-0.39, 0.29) is 29.3 Å². The Morgan fingerprint density at radius 2 is 1.76 bits per heavy atom. The van der Waals surface area contributed by atoms with Crippen LogP contribution in [-0.2, 0) is 16.1 Å². The lowest BCUT2D eigenvalue weighted by atomic mass is 10.1. The lowest BCUT2D eigenvalue weighted by Crippen LogP contribution is -2.50. The van der Waals surface area contributed by atoms with Gasteiger partial charge in [-0.15, -0.1) is 0 Å². The van der Waals surface area contributed by atoms with Crippen LogP contribution in [0.15, 0.2) is 54.6 Å². The summed E-state index contributed by atoms with van der Waals surface area (Å²) < 4.78 is 0. The predicted octanol–water partition coefficient (Wildman–Crippen LogP) is 1.68. The molecule has 3 amide bonds. The number of carbonyl (C=O) groups is 3. The van der Waals surface area contributed by atoms with E-state index in [9.17, 15) is 14.4 Å². The summed E-state index contributed by atoms with van der Waals surface area (Å²) in [6, 6.07) is 16.7. The Labute approximate surface area is 174 Å². The number of nitrogens with one attached hydrogen (secondary N) is 3. The molecule has 1 saturated heterocycles. The normalized spacial score (nSPS) is 15.7. The number of hydrazine groups is 1. The fourth-order valence-corrected chi connectivity index (χ4v) is 3.30. The molecule has 0 radical (unpaired) electrons. The zero-order valence-electron chi connectivity index (χ0n) is 16.0. The lowest BCUT2D eigenvalue weighted by molar-refractivity contribution is -0.129. The van der Waals surface area contributed by atoms with Crippen LogP contribution in [-0.4, -0.2) is 34.3 Å². The molecular weight excluding hydrogens is 388 g/mol. The lowest BCUT2D eigenvalue weighted by Gasteiger charge is -2.17. The van der Waals surface area contributed by atoms with Crippen LogP contribution in [0.2, 0.25) is 0 Å². The Hall–Kier alpha value is -3.26. The summed E-state index contributed by atoms with van der Waals surface area (Å²) >= 11 is 5.06. The van der Waals surface area contributed by atoms with E-state index in [1.165, 1.54) is 0 Å². The smallest absolute Gasteiger partial charge is 0.257 e. The van der Waals surface area contributed by atoms with Gasteiger partial charge in [0, 0.05) is 25.1 Å². The van der Waals surface area contributed by atoms with Gasteiger partial charge >= 0.3 is 0 Å². The van der Waals surface area contributed by atoms with Crippen LogP contribution in [0.3, 0.4) is 0 Å². The molecule has 3 N–H and O–H groups in total. The fourth-order valence-electron chi connectivity index (χ4n) is 3.15. The van der Waals surface area contributed by atoms with Crippen LogP contribution in [0.4, 0.5) is 0 Å². The number of thiocarbonyl (C=S) groups is 1. The molecule has 0 bridgehead atoms. The van der Waals surface area contributed by atoms with Crippen LogP contribution in [0.25, 0.3) is 0 Å². The van der Waals surface area contributed by atoms with E-state index in [2.05, 4.69) is 16.2 Å². The molecule has 1 heterocycles. The van der Waals surface area contributed by atoms with Gasteiger partial charge in [-0.1, -0.05) is 48.5 Å². The summed E-state index contributed by atoms with van der Waals surface area (Å²) in [6.45, 7) is 2.64. The van der Waals surface area contributed by atoms with Crippen LogP contribution in [0.5, 0.6) is 0 Å². The monoisotopic (exact) mass is 410 g/mol. The molecular formula is C21H22N4O3S. The first-order valence-corrected chi connectivity index (χ1v) is 9.63. The SMILES string of the molecule is Cc1ccccc1C(=O)NC(=S)NNC(=O)C1CC(=O)N(Cc2ccccc2)C1. The van der Waals surface area contributed by atoms with Crippen molar-refractivity contribution < 1.29 is 14.4 Å². The number of benzene rings is 2. The van der Waals surface area contributed by atoms with Crippen molar-refractivity contribution in [3.05, 3.63) is 71.3 Å². The molecule has 3 rings (SSSR count). The number of rotatable bonds is 4. The average molecular weight is 410 g/mol. The van der Waals surface area contributed by atoms with E-state index in [0.29, 0.717) is 18.7 Å². The average Bonchev–Trinajstić information content (AvgIpc) is 3.07. The van der Waals surface area contributed by atoms with Gasteiger partial charge < -0.3 is 4.90 Å². The number of nitrogens with zero attached hydrogens (tertiary/aromatic N) is 1. The molecule has 0 aliphatic carbocycles. The van der Waals surface area contributed by atoms with E-state index >= 15 is 0 Å². The minimum absolute atomic E-state index is 0.0166. The molecule has 29 heavy (non-hydrogen) atoms. The minimum Gasteiger partial charge on any atom is -0.338 e. The Morgan fingerprint density at radius 1 is 1.07 bits per heavy atom. The summed E-state index contributed by atoms with van der Waals surface area (Å²) in [5, 5.41) is 2.51. The van der Waals surface area contributed by atoms with Crippen LogP contribution >= 0.6 is 12.2 Å². The quantitative estimate of drug-likeness (QED) is 0.527. The Kier molecular flexibility index (Phi) is 6.56. The standard InChI is InChI=1S/C21H22N4O3S/c1-14-7-5-6-10-17(14)20(28)22-21(29)24-23-19(27)16-11-18(26)25(13-16)12-15-8-3-2-4-9-15/h2-10,16H,11-13H2,1H3,(H,23,27)(H2,22,24,28,29). The zero-order chi connectivity index (χ0) is 20.8. The van der Waals surface area contributed by atoms with Crippen LogP contribution < -0.4 is 16.2 Å².